The van der Waals surface area contributed by atoms with Gasteiger partial charge in [-0.1, -0.05) is 81.4 Å². The van der Waals surface area contributed by atoms with Crippen LogP contribution in [0.4, 0.5) is 0 Å². The third kappa shape index (κ3) is 5.16. The van der Waals surface area contributed by atoms with Crippen molar-refractivity contribution in [3.05, 3.63) is 60.7 Å². The molecule has 0 aromatic heterocycles. The Labute approximate surface area is 175 Å². The minimum atomic E-state index is -2.49. The zero-order chi connectivity index (χ0) is 20.7. The van der Waals surface area contributed by atoms with Gasteiger partial charge in [0, 0.05) is 0 Å². The number of unbranched alkanes of at least 4 members (excludes halogenated alkanes) is 1. The molecule has 0 aliphatic carbocycles. The largest absolute Gasteiger partial charge is 0.468 e. The van der Waals surface area contributed by atoms with Gasteiger partial charge in [0.25, 0.3) is 14.8 Å². The van der Waals surface area contributed by atoms with Crippen molar-refractivity contribution < 1.29 is 18.7 Å². The van der Waals surface area contributed by atoms with E-state index in [-0.39, 0.29) is 17.2 Å². The van der Waals surface area contributed by atoms with Crippen molar-refractivity contribution in [3.63, 3.8) is 0 Å². The van der Waals surface area contributed by atoms with E-state index in [9.17, 15) is 4.79 Å². The molecule has 0 unspecified atom stereocenters. The zero-order valence-electron chi connectivity index (χ0n) is 17.7. The summed E-state index contributed by atoms with van der Waals surface area (Å²) in [5.41, 5.74) is 0. The van der Waals surface area contributed by atoms with Crippen LogP contribution in [0.25, 0.3) is 0 Å². The van der Waals surface area contributed by atoms with Crippen LogP contribution in [0.3, 0.4) is 0 Å². The van der Waals surface area contributed by atoms with Gasteiger partial charge in [-0.2, -0.15) is 0 Å². The second-order valence-electron chi connectivity index (χ2n) is 8.65. The molecule has 4 nitrogen and oxygen atoms in total. The highest BCUT2D eigenvalue weighted by Crippen LogP contribution is 2.38. The van der Waals surface area contributed by atoms with Crippen molar-refractivity contribution >= 4 is 25.2 Å². The lowest BCUT2D eigenvalue weighted by molar-refractivity contribution is -0.128. The Balaban J connectivity index is 1.73. The van der Waals surface area contributed by atoms with Crippen LogP contribution in [0.15, 0.2) is 60.7 Å². The number of rotatable bonds is 11. The van der Waals surface area contributed by atoms with Crippen molar-refractivity contribution in [2.45, 2.75) is 57.3 Å². The minimum Gasteiger partial charge on any atom is -0.468 e. The lowest BCUT2D eigenvalue weighted by atomic mass is 10.1. The summed E-state index contributed by atoms with van der Waals surface area (Å²) >= 11 is 0. The molecule has 1 heterocycles. The predicted molar refractivity (Wildman–Crippen MR) is 118 cm³/mol. The summed E-state index contributed by atoms with van der Waals surface area (Å²) in [4.78, 5) is 10.2. The first-order valence-corrected chi connectivity index (χ1v) is 12.4. The fourth-order valence-corrected chi connectivity index (χ4v) is 8.70. The van der Waals surface area contributed by atoms with E-state index in [1.54, 1.807) is 0 Å². The summed E-state index contributed by atoms with van der Waals surface area (Å²) in [7, 11) is -2.49. The fourth-order valence-electron chi connectivity index (χ4n) is 4.13. The SMILES string of the molecule is CC(C)(C)[Si](OC[C@@H]1O[C@H]1CCCCOC=O)(c1ccccc1)c1ccccc1. The molecule has 2 aromatic carbocycles. The number of carbonyl (C=O) groups excluding carboxylic acids is 1. The van der Waals surface area contributed by atoms with E-state index in [0.717, 1.165) is 19.3 Å². The molecule has 0 spiro atoms. The maximum atomic E-state index is 10.2. The number of hydrogen-bond donors (Lipinski definition) is 0. The first-order chi connectivity index (χ1) is 14.0. The van der Waals surface area contributed by atoms with Crippen molar-refractivity contribution in [2.75, 3.05) is 13.2 Å². The Morgan fingerprint density at radius 1 is 0.931 bits per heavy atom. The number of ether oxygens (including phenoxy) is 2. The Morgan fingerprint density at radius 2 is 1.52 bits per heavy atom. The van der Waals surface area contributed by atoms with Crippen LogP contribution < -0.4 is 10.4 Å². The first kappa shape index (κ1) is 21.7. The quantitative estimate of drug-likeness (QED) is 0.245. The van der Waals surface area contributed by atoms with Gasteiger partial charge in [-0.25, -0.2) is 0 Å². The molecule has 0 amide bonds. The number of carbonyl (C=O) groups is 1. The van der Waals surface area contributed by atoms with Crippen LogP contribution in [0.1, 0.15) is 40.0 Å². The van der Waals surface area contributed by atoms with Crippen LogP contribution in [0.5, 0.6) is 0 Å². The smallest absolute Gasteiger partial charge is 0.293 e. The standard InChI is InChI=1S/C24H32O4Si/c1-24(2,3)29(20-12-6-4-7-13-20,21-14-8-5-9-15-21)27-18-23-22(28-23)16-10-11-17-26-19-25/h4-9,12-15,19,22-23H,10-11,16-18H2,1-3H3/t22-,23-/m0/s1. The van der Waals surface area contributed by atoms with E-state index in [4.69, 9.17) is 13.9 Å². The molecule has 29 heavy (non-hydrogen) atoms. The second kappa shape index (κ2) is 9.70. The van der Waals surface area contributed by atoms with Crippen molar-refractivity contribution in [3.8, 4) is 0 Å². The normalized spacial score (nSPS) is 19.0. The van der Waals surface area contributed by atoms with E-state index < -0.39 is 8.32 Å². The minimum absolute atomic E-state index is 0.0216. The Kier molecular flexibility index (Phi) is 7.27. The first-order valence-electron chi connectivity index (χ1n) is 10.4. The van der Waals surface area contributed by atoms with Crippen LogP contribution in [0, 0.1) is 0 Å². The summed E-state index contributed by atoms with van der Waals surface area (Å²) in [6, 6.07) is 21.4. The third-order valence-corrected chi connectivity index (χ3v) is 10.6. The summed E-state index contributed by atoms with van der Waals surface area (Å²) in [6.45, 7) is 8.48. The number of epoxide rings is 1. The number of hydrogen-bond acceptors (Lipinski definition) is 4. The molecule has 2 atom stereocenters. The molecular formula is C24H32O4Si. The van der Waals surface area contributed by atoms with E-state index in [2.05, 4.69) is 81.4 Å². The number of benzene rings is 2. The highest BCUT2D eigenvalue weighted by molar-refractivity contribution is 6.99. The molecule has 0 N–H and O–H groups in total. The molecule has 1 fully saturated rings. The van der Waals surface area contributed by atoms with E-state index in [1.165, 1.54) is 10.4 Å². The van der Waals surface area contributed by atoms with E-state index >= 15 is 0 Å². The van der Waals surface area contributed by atoms with Gasteiger partial charge < -0.3 is 13.9 Å². The molecule has 0 bridgehead atoms. The van der Waals surface area contributed by atoms with Gasteiger partial charge in [-0.05, 0) is 34.7 Å². The fraction of sp³-hybridized carbons (Fsp3) is 0.458. The lowest BCUT2D eigenvalue weighted by Gasteiger charge is -2.43. The highest BCUT2D eigenvalue weighted by Gasteiger charge is 2.51. The second-order valence-corrected chi connectivity index (χ2v) is 13.0. The zero-order valence-corrected chi connectivity index (χ0v) is 18.7. The van der Waals surface area contributed by atoms with Crippen LogP contribution >= 0.6 is 0 Å². The summed E-state index contributed by atoms with van der Waals surface area (Å²) in [6.07, 6.45) is 3.26. The maximum absolute atomic E-state index is 10.2. The molecule has 156 valence electrons. The Morgan fingerprint density at radius 3 is 2.03 bits per heavy atom. The van der Waals surface area contributed by atoms with Crippen LogP contribution in [0.2, 0.25) is 5.04 Å². The van der Waals surface area contributed by atoms with Gasteiger partial charge in [0.2, 0.25) is 0 Å². The molecule has 1 aliphatic rings. The van der Waals surface area contributed by atoms with Crippen LogP contribution in [-0.4, -0.2) is 40.2 Å². The van der Waals surface area contributed by atoms with Crippen LogP contribution in [-0.2, 0) is 18.7 Å². The molecule has 0 saturated carbocycles. The van der Waals surface area contributed by atoms with Gasteiger partial charge in [-0.3, -0.25) is 4.79 Å². The lowest BCUT2D eigenvalue weighted by Crippen LogP contribution is -2.66. The van der Waals surface area contributed by atoms with E-state index in [0.29, 0.717) is 19.7 Å². The highest BCUT2D eigenvalue weighted by atomic mass is 28.4. The molecule has 2 aromatic rings. The molecule has 0 radical (unpaired) electrons. The van der Waals surface area contributed by atoms with Gasteiger partial charge in [-0.15, -0.1) is 0 Å². The predicted octanol–water partition coefficient (Wildman–Crippen LogP) is 3.67. The topological polar surface area (TPSA) is 48.1 Å². The third-order valence-electron chi connectivity index (χ3n) is 5.64. The molecule has 3 rings (SSSR count). The Bertz CT molecular complexity index is 718. The average Bonchev–Trinajstić information content (AvgIpc) is 3.47. The monoisotopic (exact) mass is 412 g/mol. The van der Waals surface area contributed by atoms with Gasteiger partial charge in [0.1, 0.15) is 6.10 Å². The van der Waals surface area contributed by atoms with Crippen molar-refractivity contribution in [2.24, 2.45) is 0 Å². The molecule has 1 saturated heterocycles. The molecule has 1 aliphatic heterocycles. The van der Waals surface area contributed by atoms with Gasteiger partial charge in [0.05, 0.1) is 19.3 Å². The van der Waals surface area contributed by atoms with E-state index in [1.807, 2.05) is 0 Å². The van der Waals surface area contributed by atoms with Gasteiger partial charge in [0.15, 0.2) is 0 Å². The summed E-state index contributed by atoms with van der Waals surface area (Å²) in [5.74, 6) is 0. The molecule has 5 heteroatoms. The summed E-state index contributed by atoms with van der Waals surface area (Å²) < 4.78 is 17.5. The average molecular weight is 413 g/mol. The van der Waals surface area contributed by atoms with Crippen molar-refractivity contribution in [1.82, 2.24) is 0 Å². The molecular weight excluding hydrogens is 380 g/mol. The van der Waals surface area contributed by atoms with Gasteiger partial charge >= 0.3 is 0 Å². The Hall–Kier alpha value is -1.95. The summed E-state index contributed by atoms with van der Waals surface area (Å²) in [5, 5.41) is 2.57. The maximum Gasteiger partial charge on any atom is 0.293 e. The van der Waals surface area contributed by atoms with Crippen molar-refractivity contribution in [1.29, 1.82) is 0 Å².